The highest BCUT2D eigenvalue weighted by molar-refractivity contribution is 5.80. The highest BCUT2D eigenvalue weighted by atomic mass is 16.1. The minimum Gasteiger partial charge on any atom is -0.299 e. The van der Waals surface area contributed by atoms with Crippen LogP contribution in [0.3, 0.4) is 0 Å². The molecule has 0 saturated carbocycles. The number of carbonyl (C=O) groups excluding carboxylic acids is 1. The van der Waals surface area contributed by atoms with Gasteiger partial charge in [0.2, 0.25) is 0 Å². The van der Waals surface area contributed by atoms with E-state index in [1.807, 2.05) is 0 Å². The molecule has 0 aromatic heterocycles. The van der Waals surface area contributed by atoms with Gasteiger partial charge in [-0.3, -0.25) is 4.79 Å². The smallest absolute Gasteiger partial charge is 0.135 e. The van der Waals surface area contributed by atoms with Crippen molar-refractivity contribution in [3.63, 3.8) is 0 Å². The second kappa shape index (κ2) is 19.0. The Hall–Kier alpha value is -0.330. The van der Waals surface area contributed by atoms with Crippen molar-refractivity contribution in [3.8, 4) is 0 Å². The van der Waals surface area contributed by atoms with Crippen LogP contribution in [0, 0.1) is 5.92 Å². The van der Waals surface area contributed by atoms with Crippen molar-refractivity contribution in [1.82, 2.24) is 0 Å². The molecule has 0 aromatic rings. The zero-order valence-electron chi connectivity index (χ0n) is 17.2. The van der Waals surface area contributed by atoms with Crippen molar-refractivity contribution in [1.29, 1.82) is 0 Å². The highest BCUT2D eigenvalue weighted by Gasteiger charge is 2.15. The SMILES string of the molecule is CCCCCCCCCCCCCCC(CC)C(=O)CCCCC. The summed E-state index contributed by atoms with van der Waals surface area (Å²) in [6.45, 7) is 6.67. The third-order valence-corrected chi connectivity index (χ3v) is 5.38. The van der Waals surface area contributed by atoms with Crippen molar-refractivity contribution in [2.45, 2.75) is 136 Å². The Morgan fingerprint density at radius 3 is 1.46 bits per heavy atom. The van der Waals surface area contributed by atoms with Gasteiger partial charge in [-0.15, -0.1) is 0 Å². The van der Waals surface area contributed by atoms with Gasteiger partial charge in [0.05, 0.1) is 0 Å². The van der Waals surface area contributed by atoms with Gasteiger partial charge in [-0.05, 0) is 19.3 Å². The van der Waals surface area contributed by atoms with E-state index >= 15 is 0 Å². The first-order valence-electron chi connectivity index (χ1n) is 11.3. The van der Waals surface area contributed by atoms with E-state index in [0.29, 0.717) is 11.7 Å². The number of carbonyl (C=O) groups is 1. The predicted octanol–water partition coefficient (Wildman–Crippen LogP) is 8.25. The van der Waals surface area contributed by atoms with Gasteiger partial charge in [0.15, 0.2) is 0 Å². The summed E-state index contributed by atoms with van der Waals surface area (Å²) in [5.74, 6) is 0.888. The van der Waals surface area contributed by atoms with Gasteiger partial charge in [0.1, 0.15) is 5.78 Å². The van der Waals surface area contributed by atoms with Gasteiger partial charge in [0.25, 0.3) is 0 Å². The van der Waals surface area contributed by atoms with E-state index in [1.54, 1.807) is 0 Å². The van der Waals surface area contributed by atoms with Crippen LogP contribution in [0.1, 0.15) is 136 Å². The van der Waals surface area contributed by atoms with Crippen molar-refractivity contribution in [3.05, 3.63) is 0 Å². The molecule has 0 fully saturated rings. The van der Waals surface area contributed by atoms with E-state index in [2.05, 4.69) is 20.8 Å². The maximum Gasteiger partial charge on any atom is 0.135 e. The third-order valence-electron chi connectivity index (χ3n) is 5.38. The Labute approximate surface area is 153 Å². The standard InChI is InChI=1S/C23H46O/c1-4-7-9-10-11-12-13-14-15-16-17-19-20-22(6-3)23(24)21-18-8-5-2/h22H,4-21H2,1-3H3. The summed E-state index contributed by atoms with van der Waals surface area (Å²) in [5.41, 5.74) is 0. The fraction of sp³-hybridized carbons (Fsp3) is 0.957. The van der Waals surface area contributed by atoms with E-state index in [-0.39, 0.29) is 0 Å². The first-order valence-corrected chi connectivity index (χ1v) is 11.3. The lowest BCUT2D eigenvalue weighted by molar-refractivity contribution is -0.123. The van der Waals surface area contributed by atoms with Gasteiger partial charge >= 0.3 is 0 Å². The fourth-order valence-corrected chi connectivity index (χ4v) is 3.58. The minimum atomic E-state index is 0.352. The topological polar surface area (TPSA) is 17.1 Å². The molecular formula is C23H46O. The van der Waals surface area contributed by atoms with Crippen LogP contribution in [0.5, 0.6) is 0 Å². The zero-order chi connectivity index (χ0) is 17.9. The monoisotopic (exact) mass is 338 g/mol. The van der Waals surface area contributed by atoms with Crippen molar-refractivity contribution >= 4 is 5.78 Å². The molecule has 144 valence electrons. The Balaban J connectivity index is 3.39. The van der Waals surface area contributed by atoms with E-state index < -0.39 is 0 Å². The second-order valence-electron chi connectivity index (χ2n) is 7.71. The molecule has 0 spiro atoms. The number of hydrogen-bond acceptors (Lipinski definition) is 1. The van der Waals surface area contributed by atoms with Crippen LogP contribution >= 0.6 is 0 Å². The van der Waals surface area contributed by atoms with Crippen LogP contribution in [-0.2, 0) is 4.79 Å². The molecule has 0 aliphatic carbocycles. The van der Waals surface area contributed by atoms with Crippen LogP contribution in [-0.4, -0.2) is 5.78 Å². The van der Waals surface area contributed by atoms with Crippen molar-refractivity contribution in [2.75, 3.05) is 0 Å². The lowest BCUT2D eigenvalue weighted by atomic mass is 9.91. The number of ketones is 1. The Bertz CT molecular complexity index is 259. The summed E-state index contributed by atoms with van der Waals surface area (Å²) in [5, 5.41) is 0. The average Bonchev–Trinajstić information content (AvgIpc) is 2.59. The van der Waals surface area contributed by atoms with Gasteiger partial charge in [-0.25, -0.2) is 0 Å². The Kier molecular flexibility index (Phi) is 18.7. The summed E-state index contributed by atoms with van der Waals surface area (Å²) in [6, 6.07) is 0. The van der Waals surface area contributed by atoms with E-state index in [9.17, 15) is 4.79 Å². The second-order valence-corrected chi connectivity index (χ2v) is 7.71. The molecule has 0 aliphatic rings. The molecule has 0 bridgehead atoms. The van der Waals surface area contributed by atoms with Crippen LogP contribution in [0.4, 0.5) is 0 Å². The maximum absolute atomic E-state index is 12.2. The molecule has 24 heavy (non-hydrogen) atoms. The lowest BCUT2D eigenvalue weighted by Crippen LogP contribution is -2.13. The van der Waals surface area contributed by atoms with Crippen LogP contribution in [0.2, 0.25) is 0 Å². The molecule has 0 aliphatic heterocycles. The Morgan fingerprint density at radius 2 is 1.00 bits per heavy atom. The third kappa shape index (κ3) is 15.2. The van der Waals surface area contributed by atoms with E-state index in [0.717, 1.165) is 25.7 Å². The fourth-order valence-electron chi connectivity index (χ4n) is 3.58. The number of hydrogen-bond donors (Lipinski definition) is 0. The summed E-state index contributed by atoms with van der Waals surface area (Å²) < 4.78 is 0. The van der Waals surface area contributed by atoms with Gasteiger partial charge in [0, 0.05) is 12.3 Å². The number of unbranched alkanes of at least 4 members (excludes halogenated alkanes) is 13. The largest absolute Gasteiger partial charge is 0.299 e. The zero-order valence-corrected chi connectivity index (χ0v) is 17.2. The van der Waals surface area contributed by atoms with Crippen LogP contribution < -0.4 is 0 Å². The minimum absolute atomic E-state index is 0.352. The molecule has 0 heterocycles. The summed E-state index contributed by atoms with van der Waals surface area (Å²) in [4.78, 5) is 12.2. The summed E-state index contributed by atoms with van der Waals surface area (Å²) >= 11 is 0. The number of rotatable bonds is 19. The first kappa shape index (κ1) is 23.7. The number of Topliss-reactive ketones (excluding diaryl/α,β-unsaturated/α-hetero) is 1. The molecule has 0 amide bonds. The molecule has 0 aromatic carbocycles. The summed E-state index contributed by atoms with van der Waals surface area (Å²) in [6.07, 6.45) is 23.3. The maximum atomic E-state index is 12.2. The van der Waals surface area contributed by atoms with Gasteiger partial charge in [-0.1, -0.05) is 111 Å². The van der Waals surface area contributed by atoms with E-state index in [1.165, 1.54) is 89.9 Å². The van der Waals surface area contributed by atoms with Crippen LogP contribution in [0.15, 0.2) is 0 Å². The first-order chi connectivity index (χ1) is 11.8. The molecule has 0 radical (unpaired) electrons. The quantitative estimate of drug-likeness (QED) is 0.217. The molecule has 1 heteroatoms. The van der Waals surface area contributed by atoms with Gasteiger partial charge in [-0.2, -0.15) is 0 Å². The van der Waals surface area contributed by atoms with Crippen molar-refractivity contribution in [2.24, 2.45) is 5.92 Å². The molecule has 1 atom stereocenters. The average molecular weight is 339 g/mol. The highest BCUT2D eigenvalue weighted by Crippen LogP contribution is 2.19. The van der Waals surface area contributed by atoms with Crippen molar-refractivity contribution < 1.29 is 4.79 Å². The molecular weight excluding hydrogens is 292 g/mol. The summed E-state index contributed by atoms with van der Waals surface area (Å²) in [7, 11) is 0. The molecule has 1 nitrogen and oxygen atoms in total. The molecule has 0 N–H and O–H groups in total. The Morgan fingerprint density at radius 1 is 0.583 bits per heavy atom. The predicted molar refractivity (Wildman–Crippen MR) is 109 cm³/mol. The van der Waals surface area contributed by atoms with Crippen LogP contribution in [0.25, 0.3) is 0 Å². The van der Waals surface area contributed by atoms with Gasteiger partial charge < -0.3 is 0 Å². The molecule has 0 rings (SSSR count). The molecule has 0 saturated heterocycles. The molecule has 1 unspecified atom stereocenters. The normalized spacial score (nSPS) is 12.5. The lowest BCUT2D eigenvalue weighted by Gasteiger charge is -2.13. The van der Waals surface area contributed by atoms with E-state index in [4.69, 9.17) is 0 Å².